The fraction of sp³-hybridized carbons (Fsp3) is 1.00. The molecule has 1 N–H and O–H groups in total. The van der Waals surface area contributed by atoms with Crippen molar-refractivity contribution >= 4 is 10.0 Å². The lowest BCUT2D eigenvalue weighted by atomic mass is 9.97. The summed E-state index contributed by atoms with van der Waals surface area (Å²) in [6.07, 6.45) is 2.97. The van der Waals surface area contributed by atoms with Gasteiger partial charge in [0, 0.05) is 20.1 Å². The molecule has 2 fully saturated rings. The molecule has 1 unspecified atom stereocenters. The number of hydrogen-bond donors (Lipinski definition) is 1. The number of sulfonamides is 1. The van der Waals surface area contributed by atoms with Gasteiger partial charge < -0.3 is 10.2 Å². The van der Waals surface area contributed by atoms with Crippen LogP contribution in [0.1, 0.15) is 19.3 Å². The van der Waals surface area contributed by atoms with Crippen LogP contribution in [0.3, 0.4) is 0 Å². The molecule has 18 heavy (non-hydrogen) atoms. The summed E-state index contributed by atoms with van der Waals surface area (Å²) in [5, 5.41) is 2.92. The molecule has 2 saturated heterocycles. The molecule has 2 heterocycles. The number of piperidine rings is 1. The Balaban J connectivity index is 1.88. The molecule has 0 aromatic heterocycles. The highest BCUT2D eigenvalue weighted by Crippen LogP contribution is 2.20. The Labute approximate surface area is 111 Å². The van der Waals surface area contributed by atoms with E-state index in [2.05, 4.69) is 17.3 Å². The molecule has 106 valence electrons. The maximum Gasteiger partial charge on any atom is 0.218 e. The third kappa shape index (κ3) is 3.23. The Bertz CT molecular complexity index is 358. The van der Waals surface area contributed by atoms with E-state index < -0.39 is 10.0 Å². The van der Waals surface area contributed by atoms with E-state index in [1.54, 1.807) is 11.4 Å². The normalized spacial score (nSPS) is 28.1. The molecule has 0 amide bonds. The molecule has 6 heteroatoms. The average Bonchev–Trinajstić information content (AvgIpc) is 2.86. The summed E-state index contributed by atoms with van der Waals surface area (Å²) in [4.78, 5) is 2.31. The van der Waals surface area contributed by atoms with E-state index in [9.17, 15) is 8.42 Å². The van der Waals surface area contributed by atoms with Crippen LogP contribution < -0.4 is 5.32 Å². The molecule has 0 spiro atoms. The fourth-order valence-corrected chi connectivity index (χ4v) is 4.52. The Morgan fingerprint density at radius 2 is 1.94 bits per heavy atom. The van der Waals surface area contributed by atoms with Crippen LogP contribution in [0.2, 0.25) is 0 Å². The van der Waals surface area contributed by atoms with Gasteiger partial charge in [0.1, 0.15) is 0 Å². The van der Waals surface area contributed by atoms with Crippen molar-refractivity contribution in [3.8, 4) is 0 Å². The maximum atomic E-state index is 12.3. The van der Waals surface area contributed by atoms with Crippen LogP contribution in [0, 0.1) is 5.92 Å². The van der Waals surface area contributed by atoms with E-state index in [0.29, 0.717) is 19.0 Å². The molecule has 1 atom stereocenters. The number of nitrogens with one attached hydrogen (secondary N) is 1. The monoisotopic (exact) mass is 275 g/mol. The molecule has 2 aliphatic rings. The van der Waals surface area contributed by atoms with Gasteiger partial charge in [-0.05, 0) is 51.9 Å². The van der Waals surface area contributed by atoms with Gasteiger partial charge in [0.05, 0.1) is 5.25 Å². The van der Waals surface area contributed by atoms with Gasteiger partial charge in [-0.2, -0.15) is 0 Å². The van der Waals surface area contributed by atoms with E-state index in [-0.39, 0.29) is 5.25 Å². The van der Waals surface area contributed by atoms with Gasteiger partial charge in [0.15, 0.2) is 0 Å². The minimum absolute atomic E-state index is 0.214. The molecule has 0 aliphatic carbocycles. The SMILES string of the molecule is CN1CCC(CN(C)S(=O)(=O)C2CCNC2)CC1. The Morgan fingerprint density at radius 1 is 1.28 bits per heavy atom. The predicted octanol–water partition coefficient (Wildman–Crippen LogP) is -0.0483. The first kappa shape index (κ1) is 14.2. The first-order chi connectivity index (χ1) is 8.50. The Hall–Kier alpha value is -0.170. The number of nitrogens with zero attached hydrogens (tertiary/aromatic N) is 2. The summed E-state index contributed by atoms with van der Waals surface area (Å²) in [7, 11) is 0.774. The molecule has 2 rings (SSSR count). The van der Waals surface area contributed by atoms with Crippen LogP contribution in [-0.4, -0.2) is 69.7 Å². The molecule has 0 aromatic rings. The van der Waals surface area contributed by atoms with E-state index in [1.807, 2.05) is 0 Å². The molecule has 0 bridgehead atoms. The van der Waals surface area contributed by atoms with Crippen LogP contribution in [0.4, 0.5) is 0 Å². The minimum Gasteiger partial charge on any atom is -0.315 e. The lowest BCUT2D eigenvalue weighted by Gasteiger charge is -2.32. The molecular formula is C12H25N3O2S. The molecular weight excluding hydrogens is 250 g/mol. The van der Waals surface area contributed by atoms with Crippen LogP contribution in [0.25, 0.3) is 0 Å². The maximum absolute atomic E-state index is 12.3. The summed E-state index contributed by atoms with van der Waals surface area (Å²) in [5.41, 5.74) is 0. The van der Waals surface area contributed by atoms with Gasteiger partial charge in [-0.25, -0.2) is 12.7 Å². The largest absolute Gasteiger partial charge is 0.315 e. The van der Waals surface area contributed by atoms with Gasteiger partial charge in [0.2, 0.25) is 10.0 Å². The molecule has 0 saturated carbocycles. The minimum atomic E-state index is -3.09. The summed E-state index contributed by atoms with van der Waals surface area (Å²) in [6, 6.07) is 0. The third-order valence-corrected chi connectivity index (χ3v) is 6.49. The third-order valence-electron chi connectivity index (χ3n) is 4.22. The zero-order valence-electron chi connectivity index (χ0n) is 11.4. The lowest BCUT2D eigenvalue weighted by Crippen LogP contribution is -2.42. The number of hydrogen-bond acceptors (Lipinski definition) is 4. The topological polar surface area (TPSA) is 52.7 Å². The van der Waals surface area contributed by atoms with Crippen LogP contribution in [0.15, 0.2) is 0 Å². The van der Waals surface area contributed by atoms with Crippen LogP contribution in [0.5, 0.6) is 0 Å². The van der Waals surface area contributed by atoms with Gasteiger partial charge in [-0.1, -0.05) is 0 Å². The van der Waals surface area contributed by atoms with E-state index in [0.717, 1.165) is 38.9 Å². The van der Waals surface area contributed by atoms with Crippen molar-refractivity contribution in [2.45, 2.75) is 24.5 Å². The molecule has 0 aromatic carbocycles. The lowest BCUT2D eigenvalue weighted by molar-refractivity contribution is 0.202. The van der Waals surface area contributed by atoms with Crippen molar-refractivity contribution in [3.05, 3.63) is 0 Å². The van der Waals surface area contributed by atoms with Gasteiger partial charge >= 0.3 is 0 Å². The Kier molecular flexibility index (Phi) is 4.64. The Morgan fingerprint density at radius 3 is 2.50 bits per heavy atom. The number of likely N-dealkylation sites (tertiary alicyclic amines) is 1. The highest BCUT2D eigenvalue weighted by atomic mass is 32.2. The van der Waals surface area contributed by atoms with Crippen molar-refractivity contribution in [1.29, 1.82) is 0 Å². The summed E-state index contributed by atoms with van der Waals surface area (Å²) in [6.45, 7) is 4.30. The summed E-state index contributed by atoms with van der Waals surface area (Å²) in [5.74, 6) is 0.523. The second kappa shape index (κ2) is 5.86. The smallest absolute Gasteiger partial charge is 0.218 e. The highest BCUT2D eigenvalue weighted by molar-refractivity contribution is 7.89. The summed E-state index contributed by atoms with van der Waals surface area (Å²) >= 11 is 0. The van der Waals surface area contributed by atoms with E-state index in [4.69, 9.17) is 0 Å². The van der Waals surface area contributed by atoms with Crippen molar-refractivity contribution < 1.29 is 8.42 Å². The second-order valence-corrected chi connectivity index (χ2v) is 8.01. The number of rotatable bonds is 4. The van der Waals surface area contributed by atoms with Gasteiger partial charge in [0.25, 0.3) is 0 Å². The first-order valence-electron chi connectivity index (χ1n) is 6.84. The molecule has 0 radical (unpaired) electrons. The zero-order valence-corrected chi connectivity index (χ0v) is 12.2. The van der Waals surface area contributed by atoms with Gasteiger partial charge in [-0.3, -0.25) is 0 Å². The quantitative estimate of drug-likeness (QED) is 0.782. The molecule has 5 nitrogen and oxygen atoms in total. The van der Waals surface area contributed by atoms with Crippen molar-refractivity contribution in [3.63, 3.8) is 0 Å². The van der Waals surface area contributed by atoms with Crippen molar-refractivity contribution in [1.82, 2.24) is 14.5 Å². The van der Waals surface area contributed by atoms with E-state index in [1.165, 1.54) is 0 Å². The highest BCUT2D eigenvalue weighted by Gasteiger charge is 2.33. The zero-order chi connectivity index (χ0) is 13.2. The van der Waals surface area contributed by atoms with E-state index >= 15 is 0 Å². The average molecular weight is 275 g/mol. The predicted molar refractivity (Wildman–Crippen MR) is 73.0 cm³/mol. The molecule has 2 aliphatic heterocycles. The summed E-state index contributed by atoms with van der Waals surface area (Å²) < 4.78 is 26.3. The van der Waals surface area contributed by atoms with Crippen LogP contribution >= 0.6 is 0 Å². The standard InChI is InChI=1S/C12H25N3O2S/c1-14-7-4-11(5-8-14)10-15(2)18(16,17)12-3-6-13-9-12/h11-13H,3-10H2,1-2H3. The fourth-order valence-electron chi connectivity index (χ4n) is 2.85. The van der Waals surface area contributed by atoms with Gasteiger partial charge in [-0.15, -0.1) is 0 Å². The van der Waals surface area contributed by atoms with Crippen LogP contribution in [-0.2, 0) is 10.0 Å². The van der Waals surface area contributed by atoms with Crippen molar-refractivity contribution in [2.75, 3.05) is 46.8 Å². The van der Waals surface area contributed by atoms with Crippen molar-refractivity contribution in [2.24, 2.45) is 5.92 Å². The second-order valence-electron chi connectivity index (χ2n) is 5.69. The first-order valence-corrected chi connectivity index (χ1v) is 8.35.